The summed E-state index contributed by atoms with van der Waals surface area (Å²) in [6.45, 7) is 3.70. The molecule has 17 heavy (non-hydrogen) atoms. The Labute approximate surface area is 108 Å². The van der Waals surface area contributed by atoms with Gasteiger partial charge in [0.15, 0.2) is 0 Å². The molecule has 94 valence electrons. The summed E-state index contributed by atoms with van der Waals surface area (Å²) < 4.78 is 0. The predicted octanol–water partition coefficient (Wildman–Crippen LogP) is 0.417. The Hall–Kier alpha value is -1.27. The van der Waals surface area contributed by atoms with Crippen LogP contribution in [0.4, 0.5) is 5.95 Å². The summed E-state index contributed by atoms with van der Waals surface area (Å²) in [6.07, 6.45) is 0. The van der Waals surface area contributed by atoms with Gasteiger partial charge in [-0.05, 0) is 27.1 Å². The summed E-state index contributed by atoms with van der Waals surface area (Å²) in [4.78, 5) is 13.1. The van der Waals surface area contributed by atoms with E-state index in [9.17, 15) is 0 Å². The van der Waals surface area contributed by atoms with Gasteiger partial charge in [0.2, 0.25) is 5.95 Å². The van der Waals surface area contributed by atoms with E-state index in [2.05, 4.69) is 14.9 Å². The molecule has 0 fully saturated rings. The van der Waals surface area contributed by atoms with Gasteiger partial charge in [0.1, 0.15) is 10.7 Å². The lowest BCUT2D eigenvalue weighted by Gasteiger charge is -2.20. The zero-order valence-electron chi connectivity index (χ0n) is 10.8. The molecule has 0 unspecified atom stereocenters. The summed E-state index contributed by atoms with van der Waals surface area (Å²) in [5, 5.41) is 0. The second kappa shape index (κ2) is 5.88. The first-order chi connectivity index (χ1) is 7.90. The molecule has 0 aliphatic carbocycles. The van der Waals surface area contributed by atoms with E-state index in [0.29, 0.717) is 16.6 Å². The highest BCUT2D eigenvalue weighted by Crippen LogP contribution is 2.08. The van der Waals surface area contributed by atoms with E-state index >= 15 is 0 Å². The Morgan fingerprint density at radius 2 is 1.94 bits per heavy atom. The van der Waals surface area contributed by atoms with E-state index in [1.807, 2.05) is 33.0 Å². The van der Waals surface area contributed by atoms with Crippen molar-refractivity contribution >= 4 is 23.2 Å². The lowest BCUT2D eigenvalue weighted by Crippen LogP contribution is -2.30. The molecule has 0 spiro atoms. The zero-order chi connectivity index (χ0) is 13.0. The topological polar surface area (TPSA) is 58.3 Å². The number of hydrogen-bond donors (Lipinski definition) is 1. The second-order valence-corrected chi connectivity index (χ2v) is 4.72. The van der Waals surface area contributed by atoms with Crippen LogP contribution in [0.3, 0.4) is 0 Å². The minimum atomic E-state index is 0.303. The van der Waals surface area contributed by atoms with Crippen molar-refractivity contribution < 1.29 is 0 Å². The fourth-order valence-electron chi connectivity index (χ4n) is 1.30. The molecule has 0 amide bonds. The van der Waals surface area contributed by atoms with E-state index < -0.39 is 0 Å². The molecular weight excluding hydrogens is 234 g/mol. The van der Waals surface area contributed by atoms with Crippen LogP contribution in [0.1, 0.15) is 11.4 Å². The smallest absolute Gasteiger partial charge is 0.225 e. The number of aromatic nitrogens is 2. The molecule has 0 bridgehead atoms. The van der Waals surface area contributed by atoms with Crippen LogP contribution in [-0.4, -0.2) is 54.1 Å². The van der Waals surface area contributed by atoms with Gasteiger partial charge >= 0.3 is 0 Å². The van der Waals surface area contributed by atoms with E-state index in [0.717, 1.165) is 18.8 Å². The maximum absolute atomic E-state index is 5.59. The van der Waals surface area contributed by atoms with Crippen molar-refractivity contribution in [2.75, 3.05) is 39.1 Å². The number of likely N-dealkylation sites (N-methyl/N-ethyl adjacent to an activating group) is 2. The molecule has 0 aliphatic rings. The Balaban J connectivity index is 2.86. The van der Waals surface area contributed by atoms with Gasteiger partial charge in [0, 0.05) is 25.8 Å². The number of hydrogen-bond acceptors (Lipinski definition) is 5. The van der Waals surface area contributed by atoms with Crippen LogP contribution in [0.15, 0.2) is 6.07 Å². The van der Waals surface area contributed by atoms with Crippen molar-refractivity contribution in [3.05, 3.63) is 17.5 Å². The number of nitrogens with two attached hydrogens (primary N) is 1. The summed E-state index contributed by atoms with van der Waals surface area (Å²) in [7, 11) is 6.03. The molecule has 6 heteroatoms. The van der Waals surface area contributed by atoms with Crippen molar-refractivity contribution in [3.63, 3.8) is 0 Å². The highest BCUT2D eigenvalue weighted by atomic mass is 32.1. The summed E-state index contributed by atoms with van der Waals surface area (Å²) >= 11 is 4.93. The number of anilines is 1. The lowest BCUT2D eigenvalue weighted by molar-refractivity contribution is 0.415. The molecule has 5 nitrogen and oxygen atoms in total. The van der Waals surface area contributed by atoms with Crippen LogP contribution in [-0.2, 0) is 0 Å². The predicted molar refractivity (Wildman–Crippen MR) is 74.5 cm³/mol. The van der Waals surface area contributed by atoms with E-state index in [4.69, 9.17) is 18.0 Å². The van der Waals surface area contributed by atoms with Gasteiger partial charge in [-0.15, -0.1) is 0 Å². The first-order valence-electron chi connectivity index (χ1n) is 5.41. The molecule has 0 radical (unpaired) electrons. The number of thiocarbonyl (C=S) groups is 1. The molecular formula is C11H19N5S. The summed E-state index contributed by atoms with van der Waals surface area (Å²) in [5.41, 5.74) is 7.08. The van der Waals surface area contributed by atoms with Gasteiger partial charge in [-0.2, -0.15) is 0 Å². The number of aryl methyl sites for hydroxylation is 1. The average Bonchev–Trinajstić information content (AvgIpc) is 2.24. The van der Waals surface area contributed by atoms with Crippen LogP contribution >= 0.6 is 12.2 Å². The van der Waals surface area contributed by atoms with E-state index in [1.54, 1.807) is 6.07 Å². The van der Waals surface area contributed by atoms with Gasteiger partial charge in [-0.25, -0.2) is 9.97 Å². The van der Waals surface area contributed by atoms with Crippen molar-refractivity contribution in [1.29, 1.82) is 0 Å². The summed E-state index contributed by atoms with van der Waals surface area (Å²) in [6, 6.07) is 1.80. The minimum Gasteiger partial charge on any atom is -0.388 e. The standard InChI is InChI=1S/C11H19N5S/c1-8-7-9(10(12)17)14-11(13-8)16(4)6-5-15(2)3/h7H,5-6H2,1-4H3,(H2,12,17). The van der Waals surface area contributed by atoms with E-state index in [-0.39, 0.29) is 0 Å². The third-order valence-electron chi connectivity index (χ3n) is 2.32. The van der Waals surface area contributed by atoms with Gasteiger partial charge in [-0.1, -0.05) is 12.2 Å². The second-order valence-electron chi connectivity index (χ2n) is 4.28. The van der Waals surface area contributed by atoms with Gasteiger partial charge < -0.3 is 15.5 Å². The highest BCUT2D eigenvalue weighted by Gasteiger charge is 2.08. The Bertz CT molecular complexity index is 405. The molecule has 2 N–H and O–H groups in total. The average molecular weight is 253 g/mol. The van der Waals surface area contributed by atoms with E-state index in [1.165, 1.54) is 0 Å². The van der Waals surface area contributed by atoms with Crippen molar-refractivity contribution in [3.8, 4) is 0 Å². The first-order valence-corrected chi connectivity index (χ1v) is 5.82. The zero-order valence-corrected chi connectivity index (χ0v) is 11.6. The van der Waals surface area contributed by atoms with Gasteiger partial charge in [0.25, 0.3) is 0 Å². The summed E-state index contributed by atoms with van der Waals surface area (Å²) in [5.74, 6) is 0.662. The third kappa shape index (κ3) is 4.24. The van der Waals surface area contributed by atoms with Crippen LogP contribution in [0.2, 0.25) is 0 Å². The highest BCUT2D eigenvalue weighted by molar-refractivity contribution is 7.80. The maximum atomic E-state index is 5.59. The lowest BCUT2D eigenvalue weighted by atomic mass is 10.3. The largest absolute Gasteiger partial charge is 0.388 e. The van der Waals surface area contributed by atoms with Gasteiger partial charge in [0.05, 0.1) is 0 Å². The van der Waals surface area contributed by atoms with Crippen LogP contribution < -0.4 is 10.6 Å². The third-order valence-corrected chi connectivity index (χ3v) is 2.53. The molecule has 1 rings (SSSR count). The molecule has 0 aliphatic heterocycles. The monoisotopic (exact) mass is 253 g/mol. The maximum Gasteiger partial charge on any atom is 0.225 e. The Morgan fingerprint density at radius 3 is 2.47 bits per heavy atom. The van der Waals surface area contributed by atoms with Crippen LogP contribution in [0, 0.1) is 6.92 Å². The Kier molecular flexibility index (Phi) is 4.77. The fraction of sp³-hybridized carbons (Fsp3) is 0.545. The molecule has 1 aromatic heterocycles. The molecule has 0 saturated carbocycles. The number of rotatable bonds is 5. The first kappa shape index (κ1) is 13.8. The normalized spacial score (nSPS) is 10.6. The van der Waals surface area contributed by atoms with Gasteiger partial charge in [-0.3, -0.25) is 0 Å². The van der Waals surface area contributed by atoms with Crippen LogP contribution in [0.5, 0.6) is 0 Å². The molecule has 0 saturated heterocycles. The van der Waals surface area contributed by atoms with Crippen molar-refractivity contribution in [2.45, 2.75) is 6.92 Å². The molecule has 1 heterocycles. The minimum absolute atomic E-state index is 0.303. The molecule has 1 aromatic rings. The SMILES string of the molecule is Cc1cc(C(N)=S)nc(N(C)CCN(C)C)n1. The number of nitrogens with zero attached hydrogens (tertiary/aromatic N) is 4. The molecule has 0 aromatic carbocycles. The molecule has 0 atom stereocenters. The van der Waals surface area contributed by atoms with Crippen molar-refractivity contribution in [2.24, 2.45) is 5.73 Å². The van der Waals surface area contributed by atoms with Crippen LogP contribution in [0.25, 0.3) is 0 Å². The van der Waals surface area contributed by atoms with Crippen molar-refractivity contribution in [1.82, 2.24) is 14.9 Å². The quantitative estimate of drug-likeness (QED) is 0.767. The fourth-order valence-corrected chi connectivity index (χ4v) is 1.40. The Morgan fingerprint density at radius 1 is 1.29 bits per heavy atom.